The Morgan fingerprint density at radius 2 is 1.60 bits per heavy atom. The minimum Gasteiger partial charge on any atom is -0.462 e. The van der Waals surface area contributed by atoms with Crippen LogP contribution >= 0.6 is 11.8 Å². The SMILES string of the molecule is CC(=O)OC[C@H](OC(C)=O)[C@H](OC(C)=O)[C@@H](O)[C@H]1SC[C@@H](C(=O)N(C)C)N1C(C)=O. The normalized spacial score (nSPS) is 21.2. The average molecular weight is 448 g/mol. The summed E-state index contributed by atoms with van der Waals surface area (Å²) in [6.45, 7) is 4.13. The minimum atomic E-state index is -1.54. The van der Waals surface area contributed by atoms with E-state index in [9.17, 15) is 29.1 Å². The maximum Gasteiger partial charge on any atom is 0.303 e. The van der Waals surface area contributed by atoms with Gasteiger partial charge in [-0.05, 0) is 0 Å². The van der Waals surface area contributed by atoms with Gasteiger partial charge >= 0.3 is 17.9 Å². The zero-order valence-electron chi connectivity index (χ0n) is 17.8. The average Bonchev–Trinajstić information content (AvgIpc) is 3.06. The van der Waals surface area contributed by atoms with E-state index in [-0.39, 0.29) is 11.7 Å². The van der Waals surface area contributed by atoms with Crippen molar-refractivity contribution in [2.75, 3.05) is 26.5 Å². The third-order valence-corrected chi connectivity index (χ3v) is 5.55. The number of aliphatic hydroxyl groups is 1. The Balaban J connectivity index is 3.23. The molecule has 12 heteroatoms. The van der Waals surface area contributed by atoms with Gasteiger partial charge in [-0.3, -0.25) is 24.0 Å². The zero-order chi connectivity index (χ0) is 23.2. The van der Waals surface area contributed by atoms with Gasteiger partial charge in [0.25, 0.3) is 0 Å². The number of carbonyl (C=O) groups excluding carboxylic acids is 5. The van der Waals surface area contributed by atoms with Gasteiger partial charge in [-0.1, -0.05) is 0 Å². The van der Waals surface area contributed by atoms with Crippen molar-refractivity contribution in [1.29, 1.82) is 0 Å². The number of thioether (sulfide) groups is 1. The number of hydrogen-bond acceptors (Lipinski definition) is 10. The van der Waals surface area contributed by atoms with Crippen molar-refractivity contribution >= 4 is 41.5 Å². The molecule has 2 amide bonds. The Morgan fingerprint density at radius 1 is 1.03 bits per heavy atom. The van der Waals surface area contributed by atoms with Crippen LogP contribution in [-0.4, -0.2) is 101 Å². The van der Waals surface area contributed by atoms with E-state index in [1.165, 1.54) is 16.7 Å². The Labute approximate surface area is 179 Å². The summed E-state index contributed by atoms with van der Waals surface area (Å²) in [5.74, 6) is -2.77. The number of esters is 3. The second-order valence-corrected chi connectivity index (χ2v) is 8.06. The fourth-order valence-corrected chi connectivity index (χ4v) is 4.50. The number of rotatable bonds is 8. The van der Waals surface area contributed by atoms with Crippen LogP contribution in [0.4, 0.5) is 0 Å². The number of aliphatic hydroxyl groups excluding tert-OH is 1. The van der Waals surface area contributed by atoms with E-state index in [4.69, 9.17) is 14.2 Å². The van der Waals surface area contributed by atoms with E-state index < -0.39 is 60.1 Å². The highest BCUT2D eigenvalue weighted by Gasteiger charge is 2.49. The molecule has 5 atom stereocenters. The highest BCUT2D eigenvalue weighted by molar-refractivity contribution is 8.00. The first-order valence-electron chi connectivity index (χ1n) is 9.14. The zero-order valence-corrected chi connectivity index (χ0v) is 18.6. The molecule has 0 aromatic heterocycles. The molecule has 1 heterocycles. The van der Waals surface area contributed by atoms with Crippen molar-refractivity contribution in [1.82, 2.24) is 9.80 Å². The third-order valence-electron chi connectivity index (χ3n) is 4.19. The predicted octanol–water partition coefficient (Wildman–Crippen LogP) is -0.848. The summed E-state index contributed by atoms with van der Waals surface area (Å²) in [6.07, 6.45) is -4.30. The largest absolute Gasteiger partial charge is 0.462 e. The smallest absolute Gasteiger partial charge is 0.303 e. The lowest BCUT2D eigenvalue weighted by molar-refractivity contribution is -0.184. The van der Waals surface area contributed by atoms with Crippen molar-refractivity contribution in [3.8, 4) is 0 Å². The molecule has 0 bridgehead atoms. The van der Waals surface area contributed by atoms with Crippen LogP contribution in [0.15, 0.2) is 0 Å². The second kappa shape index (κ2) is 11.2. The number of hydrogen-bond donors (Lipinski definition) is 1. The summed E-state index contributed by atoms with van der Waals surface area (Å²) >= 11 is 1.12. The maximum absolute atomic E-state index is 12.5. The quantitative estimate of drug-likeness (QED) is 0.369. The molecule has 0 saturated carbocycles. The van der Waals surface area contributed by atoms with Crippen molar-refractivity contribution in [2.45, 2.75) is 57.4 Å². The second-order valence-electron chi connectivity index (χ2n) is 6.91. The molecule has 1 fully saturated rings. The van der Waals surface area contributed by atoms with Crippen molar-refractivity contribution in [3.63, 3.8) is 0 Å². The molecule has 0 spiro atoms. The van der Waals surface area contributed by atoms with Crippen LogP contribution in [-0.2, 0) is 38.2 Å². The fraction of sp³-hybridized carbons (Fsp3) is 0.722. The van der Waals surface area contributed by atoms with Crippen LogP contribution in [0.25, 0.3) is 0 Å². The van der Waals surface area contributed by atoms with E-state index >= 15 is 0 Å². The van der Waals surface area contributed by atoms with Gasteiger partial charge in [0, 0.05) is 47.5 Å². The van der Waals surface area contributed by atoms with Gasteiger partial charge in [0.15, 0.2) is 12.2 Å². The van der Waals surface area contributed by atoms with Gasteiger partial charge in [0.2, 0.25) is 11.8 Å². The third kappa shape index (κ3) is 6.87. The van der Waals surface area contributed by atoms with Crippen LogP contribution < -0.4 is 0 Å². The van der Waals surface area contributed by atoms with E-state index in [2.05, 4.69) is 0 Å². The molecule has 30 heavy (non-hydrogen) atoms. The molecule has 11 nitrogen and oxygen atoms in total. The fourth-order valence-electron chi connectivity index (χ4n) is 3.01. The van der Waals surface area contributed by atoms with E-state index in [1.807, 2.05) is 0 Å². The van der Waals surface area contributed by atoms with E-state index in [1.54, 1.807) is 14.1 Å². The lowest BCUT2D eigenvalue weighted by atomic mass is 10.1. The molecule has 1 aliphatic heterocycles. The summed E-state index contributed by atoms with van der Waals surface area (Å²) in [7, 11) is 3.10. The Hall–Kier alpha value is -2.34. The predicted molar refractivity (Wildman–Crippen MR) is 105 cm³/mol. The van der Waals surface area contributed by atoms with Crippen LogP contribution in [0.5, 0.6) is 0 Å². The lowest BCUT2D eigenvalue weighted by Gasteiger charge is -2.36. The molecule has 170 valence electrons. The van der Waals surface area contributed by atoms with Gasteiger partial charge in [0.05, 0.1) is 0 Å². The number of nitrogens with zero attached hydrogens (tertiary/aromatic N) is 2. The number of amides is 2. The molecule has 0 aromatic carbocycles. The first kappa shape index (κ1) is 25.7. The highest BCUT2D eigenvalue weighted by atomic mass is 32.2. The van der Waals surface area contributed by atoms with Crippen molar-refractivity contribution < 1.29 is 43.3 Å². The first-order chi connectivity index (χ1) is 13.9. The molecule has 1 N–H and O–H groups in total. The van der Waals surface area contributed by atoms with Crippen molar-refractivity contribution in [2.24, 2.45) is 0 Å². The molecule has 0 aliphatic carbocycles. The van der Waals surface area contributed by atoms with Gasteiger partial charge in [-0.25, -0.2) is 0 Å². The number of carbonyl (C=O) groups is 5. The van der Waals surface area contributed by atoms with E-state index in [0.717, 1.165) is 32.5 Å². The lowest BCUT2D eigenvalue weighted by Crippen LogP contribution is -2.56. The van der Waals surface area contributed by atoms with Crippen molar-refractivity contribution in [3.05, 3.63) is 0 Å². The topological polar surface area (TPSA) is 140 Å². The minimum absolute atomic E-state index is 0.216. The molecular formula is C18H28N2O9S. The monoisotopic (exact) mass is 448 g/mol. The van der Waals surface area contributed by atoms with Crippen LogP contribution in [0.1, 0.15) is 27.7 Å². The van der Waals surface area contributed by atoms with E-state index in [0.29, 0.717) is 0 Å². The summed E-state index contributed by atoms with van der Waals surface area (Å²) in [4.78, 5) is 61.6. The molecule has 1 aliphatic rings. The maximum atomic E-state index is 12.5. The summed E-state index contributed by atoms with van der Waals surface area (Å²) in [5, 5.41) is 10.1. The summed E-state index contributed by atoms with van der Waals surface area (Å²) in [6, 6.07) is -0.819. The van der Waals surface area contributed by atoms with Gasteiger partial charge < -0.3 is 29.1 Å². The Kier molecular flexibility index (Phi) is 9.56. The van der Waals surface area contributed by atoms with Crippen LogP contribution in [0.2, 0.25) is 0 Å². The number of likely N-dealkylation sites (N-methyl/N-ethyl adjacent to an activating group) is 1. The molecule has 1 saturated heterocycles. The molecule has 0 unspecified atom stereocenters. The Morgan fingerprint density at radius 3 is 2.03 bits per heavy atom. The van der Waals surface area contributed by atoms with Gasteiger partial charge in [-0.2, -0.15) is 0 Å². The first-order valence-corrected chi connectivity index (χ1v) is 10.2. The van der Waals surface area contributed by atoms with Crippen LogP contribution in [0, 0.1) is 0 Å². The summed E-state index contributed by atoms with van der Waals surface area (Å²) < 4.78 is 15.2. The Bertz CT molecular complexity index is 685. The van der Waals surface area contributed by atoms with Crippen LogP contribution in [0.3, 0.4) is 0 Å². The van der Waals surface area contributed by atoms with Gasteiger partial charge in [-0.15, -0.1) is 11.8 Å². The molecule has 0 radical (unpaired) electrons. The summed E-state index contributed by atoms with van der Waals surface area (Å²) in [5.41, 5.74) is 0. The standard InChI is InChI=1S/C18H28N2O9S/c1-9(21)20-13(17(26)19(5)6)8-30-18(20)15(25)16(29-12(4)24)14(28-11(3)23)7-27-10(2)22/h13-16,18,25H,7-8H2,1-6H3/t13-,14-,15+,16-,18+/m0/s1. The molecular weight excluding hydrogens is 420 g/mol. The van der Waals surface area contributed by atoms with Gasteiger partial charge in [0.1, 0.15) is 24.1 Å². The molecule has 1 rings (SSSR count). The highest BCUT2D eigenvalue weighted by Crippen LogP contribution is 2.34. The number of ether oxygens (including phenoxy) is 3. The molecule has 0 aromatic rings.